The second kappa shape index (κ2) is 11.1. The Morgan fingerprint density at radius 3 is 2.29 bits per heavy atom. The summed E-state index contributed by atoms with van der Waals surface area (Å²) in [5.74, 6) is 0.927. The van der Waals surface area contributed by atoms with Gasteiger partial charge < -0.3 is 10.5 Å². The molecule has 0 saturated carbocycles. The van der Waals surface area contributed by atoms with Crippen LogP contribution in [0, 0.1) is 0 Å². The largest absolute Gasteiger partial charge is 0.493 e. The summed E-state index contributed by atoms with van der Waals surface area (Å²) in [5.41, 5.74) is 7.07. The van der Waals surface area contributed by atoms with Crippen molar-refractivity contribution in [2.24, 2.45) is 5.73 Å². The van der Waals surface area contributed by atoms with E-state index in [1.165, 1.54) is 44.9 Å². The molecule has 1 rings (SSSR count). The van der Waals surface area contributed by atoms with Crippen molar-refractivity contribution in [2.45, 2.75) is 71.3 Å². The van der Waals surface area contributed by atoms with Crippen molar-refractivity contribution >= 4 is 15.9 Å². The fraction of sp³-hybridized carbons (Fsp3) is 0.667. The highest BCUT2D eigenvalue weighted by atomic mass is 79.9. The second-order valence-electron chi connectivity index (χ2n) is 5.79. The number of nitrogens with two attached hydrogens (primary N) is 1. The van der Waals surface area contributed by atoms with Crippen molar-refractivity contribution < 1.29 is 4.74 Å². The van der Waals surface area contributed by atoms with E-state index in [4.69, 9.17) is 10.5 Å². The Labute approximate surface area is 138 Å². The average molecular weight is 356 g/mol. The van der Waals surface area contributed by atoms with Crippen LogP contribution in [0.25, 0.3) is 0 Å². The number of unbranched alkanes of at least 4 members (excludes halogenated alkanes) is 7. The molecule has 0 radical (unpaired) electrons. The normalized spacial score (nSPS) is 12.4. The Morgan fingerprint density at radius 1 is 1.05 bits per heavy atom. The van der Waals surface area contributed by atoms with Crippen LogP contribution < -0.4 is 10.5 Å². The van der Waals surface area contributed by atoms with Gasteiger partial charge in [0.25, 0.3) is 0 Å². The first-order valence-corrected chi connectivity index (χ1v) is 9.12. The van der Waals surface area contributed by atoms with Crippen molar-refractivity contribution in [3.63, 3.8) is 0 Å². The molecular weight excluding hydrogens is 326 g/mol. The maximum Gasteiger partial charge on any atom is 0.124 e. The quantitative estimate of drug-likeness (QED) is 0.494. The molecule has 2 N–H and O–H groups in total. The highest BCUT2D eigenvalue weighted by Crippen LogP contribution is 2.27. The Hall–Kier alpha value is -0.540. The van der Waals surface area contributed by atoms with Gasteiger partial charge in [-0.15, -0.1) is 0 Å². The average Bonchev–Trinajstić information content (AvgIpc) is 2.46. The number of benzene rings is 1. The lowest BCUT2D eigenvalue weighted by molar-refractivity contribution is 0.300. The Morgan fingerprint density at radius 2 is 1.67 bits per heavy atom. The molecule has 2 nitrogen and oxygen atoms in total. The number of hydrogen-bond donors (Lipinski definition) is 1. The van der Waals surface area contributed by atoms with E-state index in [0.29, 0.717) is 0 Å². The van der Waals surface area contributed by atoms with Crippen LogP contribution in [0.1, 0.15) is 76.8 Å². The lowest BCUT2D eigenvalue weighted by atomic mass is 10.1. The molecule has 1 atom stereocenters. The smallest absolute Gasteiger partial charge is 0.124 e. The predicted octanol–water partition coefficient (Wildman–Crippen LogP) is 5.99. The third-order valence-electron chi connectivity index (χ3n) is 3.72. The Bertz CT molecular complexity index is 393. The van der Waals surface area contributed by atoms with Gasteiger partial charge in [-0.2, -0.15) is 0 Å². The van der Waals surface area contributed by atoms with Gasteiger partial charge in [0.1, 0.15) is 5.75 Å². The van der Waals surface area contributed by atoms with Crippen molar-refractivity contribution in [3.8, 4) is 5.75 Å². The summed E-state index contributed by atoms with van der Waals surface area (Å²) in [4.78, 5) is 0. The molecule has 0 aliphatic carbocycles. The standard InChI is InChI=1S/C18H30BrNO/c1-3-4-5-6-7-8-9-10-13-21-18-12-11-16(19)14-17(18)15(2)20/h11-12,14-15H,3-10,13,20H2,1-2H3/t15-/m0/s1. The molecule has 0 unspecified atom stereocenters. The van der Waals surface area contributed by atoms with E-state index in [-0.39, 0.29) is 6.04 Å². The van der Waals surface area contributed by atoms with E-state index in [2.05, 4.69) is 22.9 Å². The summed E-state index contributed by atoms with van der Waals surface area (Å²) in [5, 5.41) is 0. The van der Waals surface area contributed by atoms with Gasteiger partial charge in [-0.25, -0.2) is 0 Å². The predicted molar refractivity (Wildman–Crippen MR) is 94.8 cm³/mol. The van der Waals surface area contributed by atoms with Crippen LogP contribution in [0.5, 0.6) is 5.75 Å². The topological polar surface area (TPSA) is 35.2 Å². The number of halogens is 1. The molecule has 120 valence electrons. The molecule has 0 amide bonds. The minimum absolute atomic E-state index is 0.00364. The van der Waals surface area contributed by atoms with Crippen LogP contribution in [0.15, 0.2) is 22.7 Å². The SMILES string of the molecule is CCCCCCCCCCOc1ccc(Br)cc1[C@H](C)N. The van der Waals surface area contributed by atoms with E-state index >= 15 is 0 Å². The van der Waals surface area contributed by atoms with Gasteiger partial charge >= 0.3 is 0 Å². The molecule has 3 heteroatoms. The zero-order valence-electron chi connectivity index (χ0n) is 13.5. The third kappa shape index (κ3) is 7.87. The Balaban J connectivity index is 2.18. The van der Waals surface area contributed by atoms with Crippen molar-refractivity contribution in [3.05, 3.63) is 28.2 Å². The van der Waals surface area contributed by atoms with E-state index < -0.39 is 0 Å². The summed E-state index contributed by atoms with van der Waals surface area (Å²) < 4.78 is 6.95. The number of hydrogen-bond acceptors (Lipinski definition) is 2. The molecule has 0 aromatic heterocycles. The minimum Gasteiger partial charge on any atom is -0.493 e. The van der Waals surface area contributed by atoms with Crippen LogP contribution in [-0.4, -0.2) is 6.61 Å². The maximum absolute atomic E-state index is 5.99. The van der Waals surface area contributed by atoms with Gasteiger partial charge in [0.2, 0.25) is 0 Å². The summed E-state index contributed by atoms with van der Waals surface area (Å²) in [7, 11) is 0. The van der Waals surface area contributed by atoms with Gasteiger partial charge in [-0.3, -0.25) is 0 Å². The lowest BCUT2D eigenvalue weighted by Gasteiger charge is -2.14. The molecule has 0 heterocycles. The molecule has 0 saturated heterocycles. The van der Waals surface area contributed by atoms with Gasteiger partial charge in [-0.1, -0.05) is 67.8 Å². The van der Waals surface area contributed by atoms with E-state index in [0.717, 1.165) is 28.8 Å². The molecule has 1 aromatic rings. The minimum atomic E-state index is -0.00364. The van der Waals surface area contributed by atoms with Crippen molar-refractivity contribution in [2.75, 3.05) is 6.61 Å². The highest BCUT2D eigenvalue weighted by Gasteiger charge is 2.08. The maximum atomic E-state index is 5.99. The molecule has 0 aliphatic rings. The zero-order valence-corrected chi connectivity index (χ0v) is 15.1. The molecular formula is C18H30BrNO. The van der Waals surface area contributed by atoms with Crippen molar-refractivity contribution in [1.82, 2.24) is 0 Å². The van der Waals surface area contributed by atoms with E-state index in [1.807, 2.05) is 25.1 Å². The first-order valence-electron chi connectivity index (χ1n) is 8.33. The molecule has 0 fully saturated rings. The third-order valence-corrected chi connectivity index (χ3v) is 4.21. The van der Waals surface area contributed by atoms with Crippen LogP contribution in [-0.2, 0) is 0 Å². The summed E-state index contributed by atoms with van der Waals surface area (Å²) in [6, 6.07) is 6.06. The molecule has 0 bridgehead atoms. The van der Waals surface area contributed by atoms with Crippen LogP contribution in [0.3, 0.4) is 0 Å². The van der Waals surface area contributed by atoms with Gasteiger partial charge in [0, 0.05) is 16.1 Å². The Kier molecular flexibility index (Phi) is 9.77. The molecule has 21 heavy (non-hydrogen) atoms. The van der Waals surface area contributed by atoms with Gasteiger partial charge in [0.15, 0.2) is 0 Å². The first-order chi connectivity index (χ1) is 10.1. The number of rotatable bonds is 11. The van der Waals surface area contributed by atoms with Gasteiger partial charge in [0.05, 0.1) is 6.61 Å². The lowest BCUT2D eigenvalue weighted by Crippen LogP contribution is -2.08. The fourth-order valence-corrected chi connectivity index (χ4v) is 2.80. The highest BCUT2D eigenvalue weighted by molar-refractivity contribution is 9.10. The summed E-state index contributed by atoms with van der Waals surface area (Å²) >= 11 is 3.48. The summed E-state index contributed by atoms with van der Waals surface area (Å²) in [6.07, 6.45) is 10.6. The van der Waals surface area contributed by atoms with Crippen LogP contribution >= 0.6 is 15.9 Å². The molecule has 1 aromatic carbocycles. The number of ether oxygens (including phenoxy) is 1. The van der Waals surface area contributed by atoms with Crippen LogP contribution in [0.2, 0.25) is 0 Å². The first kappa shape index (κ1) is 18.5. The van der Waals surface area contributed by atoms with E-state index in [9.17, 15) is 0 Å². The zero-order chi connectivity index (χ0) is 15.5. The molecule has 0 spiro atoms. The fourth-order valence-electron chi connectivity index (χ4n) is 2.42. The molecule has 0 aliphatic heterocycles. The van der Waals surface area contributed by atoms with Crippen LogP contribution in [0.4, 0.5) is 0 Å². The second-order valence-corrected chi connectivity index (χ2v) is 6.71. The van der Waals surface area contributed by atoms with Gasteiger partial charge in [-0.05, 0) is 31.5 Å². The van der Waals surface area contributed by atoms with E-state index in [1.54, 1.807) is 0 Å². The van der Waals surface area contributed by atoms with Crippen molar-refractivity contribution in [1.29, 1.82) is 0 Å². The monoisotopic (exact) mass is 355 g/mol. The summed E-state index contributed by atoms with van der Waals surface area (Å²) in [6.45, 7) is 5.04.